The van der Waals surface area contributed by atoms with E-state index in [9.17, 15) is 4.79 Å². The van der Waals surface area contributed by atoms with E-state index < -0.39 is 0 Å². The molecule has 1 aromatic rings. The second-order valence-electron chi connectivity index (χ2n) is 6.07. The molecule has 2 rings (SSSR count). The van der Waals surface area contributed by atoms with Gasteiger partial charge in [-0.05, 0) is 36.0 Å². The van der Waals surface area contributed by atoms with Gasteiger partial charge in [0.15, 0.2) is 0 Å². The molecule has 0 spiro atoms. The van der Waals surface area contributed by atoms with Gasteiger partial charge in [0.1, 0.15) is 0 Å². The van der Waals surface area contributed by atoms with Gasteiger partial charge in [-0.3, -0.25) is 4.79 Å². The Morgan fingerprint density at radius 1 is 1.19 bits per heavy atom. The van der Waals surface area contributed by atoms with E-state index in [0.717, 1.165) is 31.5 Å². The third-order valence-corrected chi connectivity index (χ3v) is 5.12. The lowest BCUT2D eigenvalue weighted by Crippen LogP contribution is -2.43. The third-order valence-electron chi connectivity index (χ3n) is 5.12. The topological polar surface area (TPSA) is 44.1 Å². The van der Waals surface area contributed by atoms with E-state index in [1.807, 2.05) is 17.0 Å². The standard InChI is InChI=1S/C18H24N2O/c1-3-18(4-2)9-11-20(12-10-18)17(21)13-15-5-7-16(14-19)8-6-15/h5-8H,3-4,9-13H2,1-2H3. The van der Waals surface area contributed by atoms with Gasteiger partial charge in [-0.2, -0.15) is 5.26 Å². The monoisotopic (exact) mass is 284 g/mol. The summed E-state index contributed by atoms with van der Waals surface area (Å²) in [5.74, 6) is 0.209. The molecule has 1 aromatic carbocycles. The summed E-state index contributed by atoms with van der Waals surface area (Å²) in [7, 11) is 0. The highest BCUT2D eigenvalue weighted by Gasteiger charge is 2.32. The van der Waals surface area contributed by atoms with Crippen molar-refractivity contribution in [2.75, 3.05) is 13.1 Å². The minimum Gasteiger partial charge on any atom is -0.342 e. The number of likely N-dealkylation sites (tertiary alicyclic amines) is 1. The minimum absolute atomic E-state index is 0.209. The van der Waals surface area contributed by atoms with E-state index in [1.165, 1.54) is 12.8 Å². The average Bonchev–Trinajstić information content (AvgIpc) is 2.55. The predicted molar refractivity (Wildman–Crippen MR) is 83.7 cm³/mol. The van der Waals surface area contributed by atoms with Crippen LogP contribution in [0.2, 0.25) is 0 Å². The summed E-state index contributed by atoms with van der Waals surface area (Å²) in [5, 5.41) is 8.78. The Bertz CT molecular complexity index is 513. The van der Waals surface area contributed by atoms with Gasteiger partial charge in [-0.25, -0.2) is 0 Å². The lowest BCUT2D eigenvalue weighted by Gasteiger charge is -2.41. The molecule has 0 atom stereocenters. The number of nitriles is 1. The molecule has 0 bridgehead atoms. The first-order valence-electron chi connectivity index (χ1n) is 7.89. The van der Waals surface area contributed by atoms with Crippen LogP contribution in [0.25, 0.3) is 0 Å². The molecule has 3 heteroatoms. The maximum absolute atomic E-state index is 12.4. The molecule has 0 N–H and O–H groups in total. The predicted octanol–water partition coefficient (Wildman–Crippen LogP) is 3.53. The second kappa shape index (κ2) is 6.76. The van der Waals surface area contributed by atoms with E-state index >= 15 is 0 Å². The van der Waals surface area contributed by atoms with Gasteiger partial charge in [-0.1, -0.05) is 38.8 Å². The lowest BCUT2D eigenvalue weighted by molar-refractivity contribution is -0.132. The van der Waals surface area contributed by atoms with Crippen molar-refractivity contribution in [1.29, 1.82) is 5.26 Å². The highest BCUT2D eigenvalue weighted by atomic mass is 16.2. The molecule has 21 heavy (non-hydrogen) atoms. The van der Waals surface area contributed by atoms with Crippen LogP contribution in [0.15, 0.2) is 24.3 Å². The number of amides is 1. The molecule has 112 valence electrons. The largest absolute Gasteiger partial charge is 0.342 e. The molecule has 1 aliphatic rings. The Morgan fingerprint density at radius 3 is 2.24 bits per heavy atom. The number of hydrogen-bond acceptors (Lipinski definition) is 2. The van der Waals surface area contributed by atoms with Crippen molar-refractivity contribution in [3.8, 4) is 6.07 Å². The van der Waals surface area contributed by atoms with Gasteiger partial charge < -0.3 is 4.90 Å². The maximum Gasteiger partial charge on any atom is 0.226 e. The highest BCUT2D eigenvalue weighted by molar-refractivity contribution is 5.78. The molecular weight excluding hydrogens is 260 g/mol. The summed E-state index contributed by atoms with van der Waals surface area (Å²) in [6.07, 6.45) is 5.11. The van der Waals surface area contributed by atoms with Crippen LogP contribution >= 0.6 is 0 Å². The van der Waals surface area contributed by atoms with Crippen molar-refractivity contribution in [2.45, 2.75) is 46.0 Å². The molecule has 1 heterocycles. The van der Waals surface area contributed by atoms with Crippen LogP contribution in [0.1, 0.15) is 50.7 Å². The fourth-order valence-corrected chi connectivity index (χ4v) is 3.17. The summed E-state index contributed by atoms with van der Waals surface area (Å²) in [5.41, 5.74) is 2.08. The van der Waals surface area contributed by atoms with Crippen molar-refractivity contribution >= 4 is 5.91 Å². The average molecular weight is 284 g/mol. The molecule has 1 amide bonds. The molecule has 0 aromatic heterocycles. The summed E-state index contributed by atoms with van der Waals surface area (Å²) >= 11 is 0. The third kappa shape index (κ3) is 3.64. The zero-order chi connectivity index (χ0) is 15.3. The van der Waals surface area contributed by atoms with Gasteiger partial charge in [0.05, 0.1) is 18.1 Å². The molecule has 0 aliphatic carbocycles. The number of hydrogen-bond donors (Lipinski definition) is 0. The number of carbonyl (C=O) groups is 1. The summed E-state index contributed by atoms with van der Waals surface area (Å²) in [4.78, 5) is 14.4. The summed E-state index contributed by atoms with van der Waals surface area (Å²) < 4.78 is 0. The SMILES string of the molecule is CCC1(CC)CCN(C(=O)Cc2ccc(C#N)cc2)CC1. The quantitative estimate of drug-likeness (QED) is 0.849. The van der Waals surface area contributed by atoms with E-state index in [2.05, 4.69) is 19.9 Å². The molecule has 0 radical (unpaired) electrons. The van der Waals surface area contributed by atoms with Gasteiger partial charge in [0, 0.05) is 13.1 Å². The van der Waals surface area contributed by atoms with Crippen LogP contribution in [-0.4, -0.2) is 23.9 Å². The first-order chi connectivity index (χ1) is 10.1. The highest BCUT2D eigenvalue weighted by Crippen LogP contribution is 2.37. The molecule has 3 nitrogen and oxygen atoms in total. The summed E-state index contributed by atoms with van der Waals surface area (Å²) in [6.45, 7) is 6.29. The van der Waals surface area contributed by atoms with Crippen molar-refractivity contribution in [3.63, 3.8) is 0 Å². The van der Waals surface area contributed by atoms with E-state index in [0.29, 0.717) is 17.4 Å². The molecule has 1 aliphatic heterocycles. The normalized spacial score (nSPS) is 17.3. The Hall–Kier alpha value is -1.82. The van der Waals surface area contributed by atoms with E-state index in [1.54, 1.807) is 12.1 Å². The Kier molecular flexibility index (Phi) is 5.01. The number of rotatable bonds is 4. The minimum atomic E-state index is 0.209. The first-order valence-corrected chi connectivity index (χ1v) is 7.89. The zero-order valence-electron chi connectivity index (χ0n) is 13.1. The van der Waals surface area contributed by atoms with Crippen molar-refractivity contribution < 1.29 is 4.79 Å². The maximum atomic E-state index is 12.4. The second-order valence-corrected chi connectivity index (χ2v) is 6.07. The Labute approximate surface area is 127 Å². The number of benzene rings is 1. The smallest absolute Gasteiger partial charge is 0.226 e. The van der Waals surface area contributed by atoms with Crippen LogP contribution in [0.5, 0.6) is 0 Å². The zero-order valence-corrected chi connectivity index (χ0v) is 13.1. The lowest BCUT2D eigenvalue weighted by atomic mass is 9.74. The molecule has 0 unspecified atom stereocenters. The summed E-state index contributed by atoms with van der Waals surface area (Å²) in [6, 6.07) is 9.40. The van der Waals surface area contributed by atoms with Crippen molar-refractivity contribution in [1.82, 2.24) is 4.90 Å². The van der Waals surface area contributed by atoms with Crippen molar-refractivity contribution in [2.24, 2.45) is 5.41 Å². The molecular formula is C18H24N2O. The van der Waals surface area contributed by atoms with Gasteiger partial charge >= 0.3 is 0 Å². The van der Waals surface area contributed by atoms with Crippen LogP contribution in [0, 0.1) is 16.7 Å². The number of carbonyl (C=O) groups excluding carboxylic acids is 1. The Balaban J connectivity index is 1.91. The van der Waals surface area contributed by atoms with Gasteiger partial charge in [0.25, 0.3) is 0 Å². The molecule has 1 fully saturated rings. The van der Waals surface area contributed by atoms with Gasteiger partial charge in [-0.15, -0.1) is 0 Å². The molecule has 1 saturated heterocycles. The van der Waals surface area contributed by atoms with E-state index in [-0.39, 0.29) is 5.91 Å². The number of piperidine rings is 1. The van der Waals surface area contributed by atoms with Crippen LogP contribution in [0.3, 0.4) is 0 Å². The van der Waals surface area contributed by atoms with Crippen molar-refractivity contribution in [3.05, 3.63) is 35.4 Å². The van der Waals surface area contributed by atoms with Crippen LogP contribution in [0.4, 0.5) is 0 Å². The van der Waals surface area contributed by atoms with Crippen LogP contribution < -0.4 is 0 Å². The first kappa shape index (κ1) is 15.6. The Morgan fingerprint density at radius 2 is 1.76 bits per heavy atom. The molecule has 0 saturated carbocycles. The number of nitrogens with zero attached hydrogens (tertiary/aromatic N) is 2. The van der Waals surface area contributed by atoms with Gasteiger partial charge in [0.2, 0.25) is 5.91 Å². The fraction of sp³-hybridized carbons (Fsp3) is 0.556. The van der Waals surface area contributed by atoms with E-state index in [4.69, 9.17) is 5.26 Å². The van der Waals surface area contributed by atoms with Crippen LogP contribution in [-0.2, 0) is 11.2 Å². The fourth-order valence-electron chi connectivity index (χ4n) is 3.17.